The summed E-state index contributed by atoms with van der Waals surface area (Å²) in [5, 5.41) is 5.43. The Morgan fingerprint density at radius 2 is 1.39 bits per heavy atom. The molecule has 2 heterocycles. The molecule has 2 amide bonds. The molecule has 6 nitrogen and oxygen atoms in total. The number of alkyl halides is 3. The van der Waals surface area contributed by atoms with Gasteiger partial charge in [0.05, 0.1) is 0 Å². The second-order valence-electron chi connectivity index (χ2n) is 12.1. The van der Waals surface area contributed by atoms with Gasteiger partial charge in [-0.15, -0.1) is 0 Å². The molecule has 6 rings (SSSR count). The number of carbonyl (C=O) groups excluding carboxylic acids is 2. The van der Waals surface area contributed by atoms with Crippen LogP contribution in [0.4, 0.5) is 13.2 Å². The van der Waals surface area contributed by atoms with Crippen LogP contribution in [0.1, 0.15) is 53.6 Å². The molecule has 1 fully saturated rings. The highest BCUT2D eigenvalue weighted by Crippen LogP contribution is 2.51. The fourth-order valence-electron chi connectivity index (χ4n) is 7.04. The SMILES string of the molecule is O=C(NC1CCN(CCCCC2(C(=O)NCC(F)(F)F)c3ccccc3-c3ccccc32)CC1)c1ccccc1-c1ccncc1. The van der Waals surface area contributed by atoms with Gasteiger partial charge >= 0.3 is 6.18 Å². The van der Waals surface area contributed by atoms with E-state index in [9.17, 15) is 22.8 Å². The molecule has 0 saturated carbocycles. The molecule has 1 saturated heterocycles. The summed E-state index contributed by atoms with van der Waals surface area (Å²) in [6, 6.07) is 26.5. The third-order valence-corrected chi connectivity index (χ3v) is 9.26. The summed E-state index contributed by atoms with van der Waals surface area (Å²) < 4.78 is 39.5. The van der Waals surface area contributed by atoms with Gasteiger partial charge in [0.25, 0.3) is 5.91 Å². The number of carbonyl (C=O) groups is 2. The summed E-state index contributed by atoms with van der Waals surface area (Å²) >= 11 is 0. The Balaban J connectivity index is 1.06. The van der Waals surface area contributed by atoms with E-state index in [0.717, 1.165) is 72.3 Å². The standard InChI is InChI=1S/C37H37F3N4O2/c38-37(39,40)25-42-35(46)36(32-13-5-3-10-29(32)30-11-4-6-14-33(30)36)19-7-8-22-44-23-17-27(18-24-44)43-34(45)31-12-2-1-9-28(31)26-15-20-41-21-16-26/h1-6,9-16,20-21,27H,7-8,17-19,22-25H2,(H,42,46)(H,43,45). The second-order valence-corrected chi connectivity index (χ2v) is 12.1. The Morgan fingerprint density at radius 3 is 2.02 bits per heavy atom. The lowest BCUT2D eigenvalue weighted by atomic mass is 9.73. The van der Waals surface area contributed by atoms with Crippen LogP contribution in [0.15, 0.2) is 97.3 Å². The summed E-state index contributed by atoms with van der Waals surface area (Å²) in [4.78, 5) is 33.4. The summed E-state index contributed by atoms with van der Waals surface area (Å²) in [5.74, 6) is -0.693. The van der Waals surface area contributed by atoms with Crippen molar-refractivity contribution in [3.05, 3.63) is 114 Å². The number of halogens is 3. The highest BCUT2D eigenvalue weighted by molar-refractivity contribution is 6.01. The fourth-order valence-corrected chi connectivity index (χ4v) is 7.04. The molecule has 0 atom stereocenters. The molecule has 1 aromatic heterocycles. The smallest absolute Gasteiger partial charge is 0.349 e. The van der Waals surface area contributed by atoms with Crippen molar-refractivity contribution in [3.63, 3.8) is 0 Å². The number of aromatic nitrogens is 1. The van der Waals surface area contributed by atoms with Crippen LogP contribution in [-0.2, 0) is 10.2 Å². The van der Waals surface area contributed by atoms with Crippen LogP contribution in [-0.4, -0.2) is 60.1 Å². The summed E-state index contributed by atoms with van der Waals surface area (Å²) in [5.41, 5.74) is 4.59. The van der Waals surface area contributed by atoms with E-state index in [1.54, 1.807) is 12.4 Å². The van der Waals surface area contributed by atoms with E-state index in [0.29, 0.717) is 18.4 Å². The van der Waals surface area contributed by atoms with Crippen molar-refractivity contribution in [1.29, 1.82) is 0 Å². The van der Waals surface area contributed by atoms with Crippen LogP contribution in [0.3, 0.4) is 0 Å². The number of pyridine rings is 1. The van der Waals surface area contributed by atoms with Crippen LogP contribution < -0.4 is 10.6 Å². The second kappa shape index (κ2) is 13.5. The number of amides is 2. The molecule has 46 heavy (non-hydrogen) atoms. The van der Waals surface area contributed by atoms with Gasteiger partial charge in [-0.3, -0.25) is 14.6 Å². The minimum Gasteiger partial charge on any atom is -0.349 e. The van der Waals surface area contributed by atoms with E-state index in [-0.39, 0.29) is 11.9 Å². The first-order chi connectivity index (χ1) is 22.3. The number of piperidine rings is 1. The van der Waals surface area contributed by atoms with Gasteiger partial charge in [-0.1, -0.05) is 73.2 Å². The van der Waals surface area contributed by atoms with E-state index in [1.165, 1.54) is 0 Å². The molecule has 1 aliphatic heterocycles. The van der Waals surface area contributed by atoms with Gasteiger partial charge in [-0.25, -0.2) is 0 Å². The molecular formula is C37H37F3N4O2. The van der Waals surface area contributed by atoms with Crippen LogP contribution >= 0.6 is 0 Å². The zero-order chi connectivity index (χ0) is 32.1. The van der Waals surface area contributed by atoms with Crippen LogP contribution in [0.25, 0.3) is 22.3 Å². The van der Waals surface area contributed by atoms with Crippen molar-refractivity contribution in [2.75, 3.05) is 26.2 Å². The largest absolute Gasteiger partial charge is 0.405 e. The highest BCUT2D eigenvalue weighted by Gasteiger charge is 2.49. The Morgan fingerprint density at radius 1 is 0.804 bits per heavy atom. The molecule has 2 aliphatic rings. The molecule has 1 aliphatic carbocycles. The minimum absolute atomic E-state index is 0.0707. The normalized spacial score (nSPS) is 16.0. The number of benzene rings is 3. The zero-order valence-electron chi connectivity index (χ0n) is 25.5. The lowest BCUT2D eigenvalue weighted by molar-refractivity contribution is -0.141. The monoisotopic (exact) mass is 626 g/mol. The van der Waals surface area contributed by atoms with Crippen LogP contribution in [0.5, 0.6) is 0 Å². The average Bonchev–Trinajstić information content (AvgIpc) is 3.37. The molecule has 0 bridgehead atoms. The molecule has 3 aromatic carbocycles. The number of nitrogens with zero attached hydrogens (tertiary/aromatic N) is 2. The number of likely N-dealkylation sites (tertiary alicyclic amines) is 1. The van der Waals surface area contributed by atoms with Crippen molar-refractivity contribution < 1.29 is 22.8 Å². The number of rotatable bonds is 10. The predicted octanol–water partition coefficient (Wildman–Crippen LogP) is 6.76. The van der Waals surface area contributed by atoms with Gasteiger partial charge in [0, 0.05) is 37.1 Å². The number of hydrogen-bond acceptors (Lipinski definition) is 4. The molecule has 2 N–H and O–H groups in total. The van der Waals surface area contributed by atoms with Gasteiger partial charge < -0.3 is 15.5 Å². The van der Waals surface area contributed by atoms with Gasteiger partial charge in [-0.05, 0) is 83.8 Å². The number of nitrogens with one attached hydrogen (secondary N) is 2. The molecular weight excluding hydrogens is 589 g/mol. The number of hydrogen-bond donors (Lipinski definition) is 2. The third kappa shape index (κ3) is 6.56. The maximum absolute atomic E-state index is 13.7. The van der Waals surface area contributed by atoms with Crippen LogP contribution in [0.2, 0.25) is 0 Å². The van der Waals surface area contributed by atoms with Gasteiger partial charge in [0.1, 0.15) is 12.0 Å². The molecule has 0 radical (unpaired) electrons. The summed E-state index contributed by atoms with van der Waals surface area (Å²) in [6.07, 6.45) is 2.47. The van der Waals surface area contributed by atoms with Gasteiger partial charge in [0.15, 0.2) is 0 Å². The van der Waals surface area contributed by atoms with Crippen molar-refractivity contribution >= 4 is 11.8 Å². The zero-order valence-corrected chi connectivity index (χ0v) is 25.5. The van der Waals surface area contributed by atoms with Crippen molar-refractivity contribution in [2.45, 2.75) is 49.7 Å². The van der Waals surface area contributed by atoms with Gasteiger partial charge in [0.2, 0.25) is 5.91 Å². The van der Waals surface area contributed by atoms with Crippen molar-refractivity contribution in [2.24, 2.45) is 0 Å². The Kier molecular flexibility index (Phi) is 9.22. The lowest BCUT2D eigenvalue weighted by Gasteiger charge is -2.33. The molecule has 0 spiro atoms. The Hall–Kier alpha value is -4.50. The van der Waals surface area contributed by atoms with E-state index >= 15 is 0 Å². The first kappa shape index (κ1) is 31.5. The van der Waals surface area contributed by atoms with Gasteiger partial charge in [-0.2, -0.15) is 13.2 Å². The first-order valence-corrected chi connectivity index (χ1v) is 15.8. The molecule has 0 unspecified atom stereocenters. The first-order valence-electron chi connectivity index (χ1n) is 15.8. The van der Waals surface area contributed by atoms with Crippen molar-refractivity contribution in [1.82, 2.24) is 20.5 Å². The predicted molar refractivity (Wildman–Crippen MR) is 172 cm³/mol. The van der Waals surface area contributed by atoms with E-state index in [4.69, 9.17) is 0 Å². The molecule has 238 valence electrons. The number of fused-ring (bicyclic) bond motifs is 3. The third-order valence-electron chi connectivity index (χ3n) is 9.26. The summed E-state index contributed by atoms with van der Waals surface area (Å²) in [7, 11) is 0. The quantitative estimate of drug-likeness (QED) is 0.191. The van der Waals surface area contributed by atoms with E-state index in [1.807, 2.05) is 84.9 Å². The molecule has 9 heteroatoms. The highest BCUT2D eigenvalue weighted by atomic mass is 19.4. The van der Waals surface area contributed by atoms with E-state index in [2.05, 4.69) is 20.5 Å². The lowest BCUT2D eigenvalue weighted by Crippen LogP contribution is -2.47. The summed E-state index contributed by atoms with van der Waals surface area (Å²) in [6.45, 7) is 1.12. The van der Waals surface area contributed by atoms with Crippen LogP contribution in [0, 0.1) is 0 Å². The van der Waals surface area contributed by atoms with E-state index < -0.39 is 24.0 Å². The fraction of sp³-hybridized carbons (Fsp3) is 0.324. The Labute approximate surface area is 267 Å². The average molecular weight is 627 g/mol. The number of unbranched alkanes of at least 4 members (excludes halogenated alkanes) is 1. The van der Waals surface area contributed by atoms with Crippen molar-refractivity contribution in [3.8, 4) is 22.3 Å². The maximum atomic E-state index is 13.7. The molecule has 4 aromatic rings. The Bertz CT molecular complexity index is 1640. The maximum Gasteiger partial charge on any atom is 0.405 e. The topological polar surface area (TPSA) is 74.3 Å². The minimum atomic E-state index is -4.50.